The van der Waals surface area contributed by atoms with Gasteiger partial charge in [-0.25, -0.2) is 0 Å². The number of anilines is 1. The lowest BCUT2D eigenvalue weighted by Gasteiger charge is -2.03. The number of amides is 1. The summed E-state index contributed by atoms with van der Waals surface area (Å²) < 4.78 is 6.86. The van der Waals surface area contributed by atoms with Crippen molar-refractivity contribution in [1.29, 1.82) is 0 Å². The number of rotatable bonds is 4. The largest absolute Gasteiger partial charge is 0.338 e. The van der Waals surface area contributed by atoms with E-state index in [0.29, 0.717) is 11.4 Å². The van der Waals surface area contributed by atoms with Crippen molar-refractivity contribution in [2.45, 2.75) is 40.2 Å². The van der Waals surface area contributed by atoms with E-state index in [1.165, 1.54) is 0 Å². The summed E-state index contributed by atoms with van der Waals surface area (Å²) in [5, 5.41) is 10.7. The minimum Gasteiger partial charge on any atom is -0.338 e. The molecule has 1 N–H and O–H groups in total. The molecule has 2 aromatic rings. The summed E-state index contributed by atoms with van der Waals surface area (Å²) in [5.41, 5.74) is 2.23. The maximum atomic E-state index is 12.1. The second kappa shape index (κ2) is 5.26. The predicted octanol–water partition coefficient (Wildman–Crippen LogP) is 2.58. The van der Waals surface area contributed by atoms with E-state index in [2.05, 4.69) is 15.6 Å². The average molecular weight is 262 g/mol. The Hall–Kier alpha value is -2.11. The molecular weight excluding hydrogens is 244 g/mol. The van der Waals surface area contributed by atoms with Gasteiger partial charge in [-0.2, -0.15) is 5.10 Å². The van der Waals surface area contributed by atoms with Gasteiger partial charge in [0.15, 0.2) is 0 Å². The number of carbonyl (C=O) groups is 1. The molecule has 6 nitrogen and oxygen atoms in total. The third kappa shape index (κ3) is 2.67. The van der Waals surface area contributed by atoms with Crippen LogP contribution in [0.25, 0.3) is 0 Å². The Morgan fingerprint density at radius 1 is 1.53 bits per heavy atom. The van der Waals surface area contributed by atoms with Gasteiger partial charge in [-0.05, 0) is 27.2 Å². The van der Waals surface area contributed by atoms with Crippen LogP contribution in [0.15, 0.2) is 16.9 Å². The molecule has 6 heteroatoms. The van der Waals surface area contributed by atoms with Gasteiger partial charge in [-0.1, -0.05) is 12.1 Å². The Bertz CT molecular complexity index is 583. The van der Waals surface area contributed by atoms with E-state index in [-0.39, 0.29) is 11.9 Å². The van der Waals surface area contributed by atoms with Crippen LogP contribution in [0.1, 0.15) is 48.4 Å². The molecule has 2 rings (SSSR count). The van der Waals surface area contributed by atoms with Crippen molar-refractivity contribution in [1.82, 2.24) is 14.9 Å². The number of aryl methyl sites for hydroxylation is 1. The zero-order valence-electron chi connectivity index (χ0n) is 11.6. The molecule has 0 fully saturated rings. The second-order valence-corrected chi connectivity index (χ2v) is 4.69. The topological polar surface area (TPSA) is 73.0 Å². The zero-order chi connectivity index (χ0) is 14.0. The molecule has 1 amide bonds. The maximum absolute atomic E-state index is 12.1. The first-order chi connectivity index (χ1) is 9.02. The zero-order valence-corrected chi connectivity index (χ0v) is 11.6. The highest BCUT2D eigenvalue weighted by Gasteiger charge is 2.16. The van der Waals surface area contributed by atoms with Crippen LogP contribution in [0.5, 0.6) is 0 Å². The van der Waals surface area contributed by atoms with Gasteiger partial charge in [0.25, 0.3) is 5.91 Å². The monoisotopic (exact) mass is 262 g/mol. The Morgan fingerprint density at radius 3 is 2.84 bits per heavy atom. The Morgan fingerprint density at radius 2 is 2.26 bits per heavy atom. The van der Waals surface area contributed by atoms with Crippen LogP contribution in [0.3, 0.4) is 0 Å². The van der Waals surface area contributed by atoms with E-state index in [0.717, 1.165) is 17.7 Å². The molecule has 19 heavy (non-hydrogen) atoms. The number of aromatic nitrogens is 3. The summed E-state index contributed by atoms with van der Waals surface area (Å²) >= 11 is 0. The van der Waals surface area contributed by atoms with Crippen LogP contribution >= 0.6 is 0 Å². The average Bonchev–Trinajstić information content (AvgIpc) is 2.96. The van der Waals surface area contributed by atoms with Gasteiger partial charge in [-0.15, -0.1) is 0 Å². The minimum absolute atomic E-state index is 0.222. The van der Waals surface area contributed by atoms with Crippen molar-refractivity contribution >= 4 is 11.8 Å². The van der Waals surface area contributed by atoms with Gasteiger partial charge < -0.3 is 4.52 Å². The fourth-order valence-corrected chi connectivity index (χ4v) is 1.82. The molecular formula is C13H18N4O2. The molecule has 0 saturated heterocycles. The molecule has 2 aromatic heterocycles. The third-order valence-corrected chi connectivity index (χ3v) is 2.96. The Kier molecular flexibility index (Phi) is 3.69. The second-order valence-electron chi connectivity index (χ2n) is 4.69. The Balaban J connectivity index is 2.16. The van der Waals surface area contributed by atoms with Crippen molar-refractivity contribution in [3.8, 4) is 0 Å². The molecule has 0 unspecified atom stereocenters. The number of nitrogens with one attached hydrogen (secondary N) is 1. The molecule has 0 saturated carbocycles. The first-order valence-corrected chi connectivity index (χ1v) is 6.33. The standard InChI is InChI=1S/C13H18N4O2/c1-5-11-9(4)16-19-13(11)15-12(18)10-6-14-17(7-10)8(2)3/h6-8H,5H2,1-4H3,(H,15,18). The van der Waals surface area contributed by atoms with Crippen LogP contribution in [0.4, 0.5) is 5.88 Å². The molecule has 0 aliphatic heterocycles. The van der Waals surface area contributed by atoms with Crippen molar-refractivity contribution in [2.75, 3.05) is 5.32 Å². The number of hydrogen-bond acceptors (Lipinski definition) is 4. The first kappa shape index (κ1) is 13.3. The van der Waals surface area contributed by atoms with Crippen LogP contribution in [-0.4, -0.2) is 20.8 Å². The first-order valence-electron chi connectivity index (χ1n) is 6.33. The minimum atomic E-state index is -0.238. The quantitative estimate of drug-likeness (QED) is 0.919. The van der Waals surface area contributed by atoms with Gasteiger partial charge >= 0.3 is 0 Å². The van der Waals surface area contributed by atoms with E-state index in [4.69, 9.17) is 4.52 Å². The van der Waals surface area contributed by atoms with Gasteiger partial charge in [0.1, 0.15) is 0 Å². The molecule has 0 bridgehead atoms. The lowest BCUT2D eigenvalue weighted by Crippen LogP contribution is -2.12. The molecule has 0 aliphatic rings. The normalized spacial score (nSPS) is 11.0. The number of carbonyl (C=O) groups excluding carboxylic acids is 1. The predicted molar refractivity (Wildman–Crippen MR) is 71.2 cm³/mol. The van der Waals surface area contributed by atoms with Gasteiger partial charge in [0.05, 0.1) is 17.5 Å². The number of nitrogens with zero attached hydrogens (tertiary/aromatic N) is 3. The van der Waals surface area contributed by atoms with Gasteiger partial charge in [0.2, 0.25) is 5.88 Å². The SMILES string of the molecule is CCc1c(C)noc1NC(=O)c1cnn(C(C)C)c1. The highest BCUT2D eigenvalue weighted by Crippen LogP contribution is 2.20. The molecule has 102 valence electrons. The van der Waals surface area contributed by atoms with Crippen LogP contribution in [-0.2, 0) is 6.42 Å². The highest BCUT2D eigenvalue weighted by molar-refractivity contribution is 6.03. The fourth-order valence-electron chi connectivity index (χ4n) is 1.82. The van der Waals surface area contributed by atoms with Crippen molar-refractivity contribution in [3.63, 3.8) is 0 Å². The summed E-state index contributed by atoms with van der Waals surface area (Å²) in [5.74, 6) is 0.181. The Labute approximate surface area is 111 Å². The van der Waals surface area contributed by atoms with Crippen LogP contribution in [0, 0.1) is 6.92 Å². The summed E-state index contributed by atoms with van der Waals surface area (Å²) in [6, 6.07) is 0.222. The lowest BCUT2D eigenvalue weighted by atomic mass is 10.2. The van der Waals surface area contributed by atoms with E-state index >= 15 is 0 Å². The van der Waals surface area contributed by atoms with Crippen molar-refractivity contribution < 1.29 is 9.32 Å². The lowest BCUT2D eigenvalue weighted by molar-refractivity contribution is 0.102. The summed E-state index contributed by atoms with van der Waals surface area (Å²) in [6.07, 6.45) is 4.02. The summed E-state index contributed by atoms with van der Waals surface area (Å²) in [7, 11) is 0. The fraction of sp³-hybridized carbons (Fsp3) is 0.462. The molecule has 0 radical (unpaired) electrons. The maximum Gasteiger partial charge on any atom is 0.261 e. The third-order valence-electron chi connectivity index (χ3n) is 2.96. The summed E-state index contributed by atoms with van der Waals surface area (Å²) in [6.45, 7) is 7.86. The van der Waals surface area contributed by atoms with Gasteiger partial charge in [-0.3, -0.25) is 14.8 Å². The van der Waals surface area contributed by atoms with E-state index in [1.54, 1.807) is 17.1 Å². The van der Waals surface area contributed by atoms with E-state index in [1.807, 2.05) is 27.7 Å². The van der Waals surface area contributed by atoms with E-state index in [9.17, 15) is 4.79 Å². The highest BCUT2D eigenvalue weighted by atomic mass is 16.5. The van der Waals surface area contributed by atoms with Crippen molar-refractivity contribution in [2.24, 2.45) is 0 Å². The molecule has 2 heterocycles. The van der Waals surface area contributed by atoms with Crippen LogP contribution < -0.4 is 5.32 Å². The van der Waals surface area contributed by atoms with E-state index < -0.39 is 0 Å². The molecule has 0 aliphatic carbocycles. The number of hydrogen-bond donors (Lipinski definition) is 1. The molecule has 0 atom stereocenters. The molecule has 0 aromatic carbocycles. The van der Waals surface area contributed by atoms with Crippen LogP contribution in [0.2, 0.25) is 0 Å². The summed E-state index contributed by atoms with van der Waals surface area (Å²) in [4.78, 5) is 12.1. The molecule has 0 spiro atoms. The smallest absolute Gasteiger partial charge is 0.261 e. The van der Waals surface area contributed by atoms with Gasteiger partial charge in [0, 0.05) is 17.8 Å². The van der Waals surface area contributed by atoms with Crippen molar-refractivity contribution in [3.05, 3.63) is 29.2 Å².